The summed E-state index contributed by atoms with van der Waals surface area (Å²) in [5.74, 6) is 0.756. The second-order valence-electron chi connectivity index (χ2n) is 5.35. The van der Waals surface area contributed by atoms with E-state index >= 15 is 0 Å². The van der Waals surface area contributed by atoms with Crippen LogP contribution in [0.4, 0.5) is 0 Å². The number of rotatable bonds is 5. The molecule has 2 heteroatoms. The van der Waals surface area contributed by atoms with Crippen molar-refractivity contribution < 1.29 is 0 Å². The number of nitrogens with two attached hydrogens (primary N) is 1. The highest BCUT2D eigenvalue weighted by Gasteiger charge is 2.10. The number of hydrogen-bond acceptors (Lipinski definition) is 2. The van der Waals surface area contributed by atoms with Crippen LogP contribution in [0.5, 0.6) is 0 Å². The van der Waals surface area contributed by atoms with Crippen molar-refractivity contribution in [2.45, 2.75) is 39.2 Å². The zero-order chi connectivity index (χ0) is 13.0. The highest BCUT2D eigenvalue weighted by molar-refractivity contribution is 5.82. The third-order valence-corrected chi connectivity index (χ3v) is 3.38. The molecule has 1 heterocycles. The van der Waals surface area contributed by atoms with Crippen molar-refractivity contribution >= 4 is 10.9 Å². The number of hydrogen-bond donors (Lipinski definition) is 1. The minimum atomic E-state index is 0.122. The molecule has 2 nitrogen and oxygen atoms in total. The van der Waals surface area contributed by atoms with Crippen molar-refractivity contribution in [3.63, 3.8) is 0 Å². The lowest BCUT2D eigenvalue weighted by Crippen LogP contribution is -2.11. The number of benzene rings is 1. The van der Waals surface area contributed by atoms with Gasteiger partial charge in [-0.15, -0.1) is 0 Å². The minimum Gasteiger partial charge on any atom is -0.324 e. The van der Waals surface area contributed by atoms with E-state index in [9.17, 15) is 0 Å². The van der Waals surface area contributed by atoms with Crippen molar-refractivity contribution in [3.05, 3.63) is 42.1 Å². The largest absolute Gasteiger partial charge is 0.324 e. The molecular formula is C16H22N2. The molecule has 18 heavy (non-hydrogen) atoms. The van der Waals surface area contributed by atoms with Gasteiger partial charge in [-0.05, 0) is 30.0 Å². The van der Waals surface area contributed by atoms with E-state index in [2.05, 4.69) is 31.0 Å². The summed E-state index contributed by atoms with van der Waals surface area (Å²) in [6.07, 6.45) is 5.35. The monoisotopic (exact) mass is 242 g/mol. The fraction of sp³-hybridized carbons (Fsp3) is 0.438. The van der Waals surface area contributed by atoms with Gasteiger partial charge in [0.05, 0.1) is 5.52 Å². The van der Waals surface area contributed by atoms with Crippen LogP contribution in [-0.2, 0) is 0 Å². The Hall–Kier alpha value is -1.41. The van der Waals surface area contributed by atoms with Gasteiger partial charge in [0.25, 0.3) is 0 Å². The minimum absolute atomic E-state index is 0.122. The molecule has 0 saturated carbocycles. The summed E-state index contributed by atoms with van der Waals surface area (Å²) < 4.78 is 0. The van der Waals surface area contributed by atoms with Crippen molar-refractivity contribution in [1.29, 1.82) is 0 Å². The predicted molar refractivity (Wildman–Crippen MR) is 77.4 cm³/mol. The van der Waals surface area contributed by atoms with Gasteiger partial charge in [-0.1, -0.05) is 44.9 Å². The fourth-order valence-electron chi connectivity index (χ4n) is 2.34. The summed E-state index contributed by atoms with van der Waals surface area (Å²) in [5.41, 5.74) is 8.58. The lowest BCUT2D eigenvalue weighted by molar-refractivity contribution is 0.506. The third-order valence-electron chi connectivity index (χ3n) is 3.38. The molecule has 0 saturated heterocycles. The lowest BCUT2D eigenvalue weighted by atomic mass is 9.96. The van der Waals surface area contributed by atoms with Crippen LogP contribution >= 0.6 is 0 Å². The zero-order valence-electron chi connectivity index (χ0n) is 11.3. The van der Waals surface area contributed by atoms with Gasteiger partial charge in [-0.3, -0.25) is 4.98 Å². The van der Waals surface area contributed by atoms with Crippen LogP contribution < -0.4 is 5.73 Å². The molecule has 0 radical (unpaired) electrons. The number of para-hydroxylation sites is 1. The first-order valence-electron chi connectivity index (χ1n) is 6.77. The second kappa shape index (κ2) is 5.96. The smallest absolute Gasteiger partial charge is 0.0705 e. The summed E-state index contributed by atoms with van der Waals surface area (Å²) in [6, 6.07) is 10.4. The van der Waals surface area contributed by atoms with E-state index in [1.165, 1.54) is 23.8 Å². The van der Waals surface area contributed by atoms with Gasteiger partial charge in [-0.25, -0.2) is 0 Å². The summed E-state index contributed by atoms with van der Waals surface area (Å²) in [4.78, 5) is 4.38. The first-order chi connectivity index (χ1) is 8.68. The molecule has 0 aliphatic heterocycles. The fourth-order valence-corrected chi connectivity index (χ4v) is 2.34. The quantitative estimate of drug-likeness (QED) is 0.858. The molecule has 1 aromatic carbocycles. The van der Waals surface area contributed by atoms with Crippen molar-refractivity contribution in [3.8, 4) is 0 Å². The van der Waals surface area contributed by atoms with Gasteiger partial charge in [-0.2, -0.15) is 0 Å². The Bertz CT molecular complexity index is 500. The topological polar surface area (TPSA) is 38.9 Å². The molecule has 0 aliphatic carbocycles. The molecule has 1 unspecified atom stereocenters. The Kier molecular flexibility index (Phi) is 4.32. The molecule has 0 spiro atoms. The number of nitrogens with zero attached hydrogens (tertiary/aromatic N) is 1. The SMILES string of the molecule is CC(C)CCCC(N)c1ccnc2ccccc12. The molecular weight excluding hydrogens is 220 g/mol. The average Bonchev–Trinajstić information content (AvgIpc) is 2.37. The Labute approximate surface area is 109 Å². The van der Waals surface area contributed by atoms with Crippen LogP contribution in [0.3, 0.4) is 0 Å². The van der Waals surface area contributed by atoms with Crippen molar-refractivity contribution in [2.24, 2.45) is 11.7 Å². The molecule has 2 N–H and O–H groups in total. The van der Waals surface area contributed by atoms with E-state index in [0.717, 1.165) is 17.9 Å². The van der Waals surface area contributed by atoms with Crippen molar-refractivity contribution in [1.82, 2.24) is 4.98 Å². The Morgan fingerprint density at radius 2 is 1.89 bits per heavy atom. The molecule has 0 amide bonds. The molecule has 1 aromatic heterocycles. The van der Waals surface area contributed by atoms with E-state index in [1.54, 1.807) is 0 Å². The molecule has 2 rings (SSSR count). The molecule has 0 aliphatic rings. The molecule has 0 fully saturated rings. The maximum absolute atomic E-state index is 6.32. The number of pyridine rings is 1. The van der Waals surface area contributed by atoms with Crippen LogP contribution in [0.1, 0.15) is 44.7 Å². The molecule has 0 bridgehead atoms. The average molecular weight is 242 g/mol. The summed E-state index contributed by atoms with van der Waals surface area (Å²) >= 11 is 0. The first-order valence-corrected chi connectivity index (χ1v) is 6.77. The standard InChI is InChI=1S/C16H22N2/c1-12(2)6-5-8-15(17)13-10-11-18-16-9-4-3-7-14(13)16/h3-4,7,9-12,15H,5-6,8,17H2,1-2H3. The van der Waals surface area contributed by atoms with Crippen LogP contribution in [-0.4, -0.2) is 4.98 Å². The van der Waals surface area contributed by atoms with Crippen LogP contribution in [0, 0.1) is 5.92 Å². The van der Waals surface area contributed by atoms with Crippen LogP contribution in [0.25, 0.3) is 10.9 Å². The maximum atomic E-state index is 6.32. The normalized spacial score (nSPS) is 13.1. The van der Waals surface area contributed by atoms with Crippen molar-refractivity contribution in [2.75, 3.05) is 0 Å². The summed E-state index contributed by atoms with van der Waals surface area (Å²) in [7, 11) is 0. The third kappa shape index (κ3) is 3.08. The molecule has 1 atom stereocenters. The lowest BCUT2D eigenvalue weighted by Gasteiger charge is -2.15. The first kappa shape index (κ1) is 13.0. The highest BCUT2D eigenvalue weighted by Crippen LogP contribution is 2.25. The van der Waals surface area contributed by atoms with Gasteiger partial charge < -0.3 is 5.73 Å². The van der Waals surface area contributed by atoms with Gasteiger partial charge in [0, 0.05) is 17.6 Å². The van der Waals surface area contributed by atoms with Gasteiger partial charge >= 0.3 is 0 Å². The van der Waals surface area contributed by atoms with E-state index in [-0.39, 0.29) is 6.04 Å². The molecule has 2 aromatic rings. The van der Waals surface area contributed by atoms with Crippen LogP contribution in [0.2, 0.25) is 0 Å². The van der Waals surface area contributed by atoms with E-state index in [4.69, 9.17) is 5.73 Å². The Morgan fingerprint density at radius 1 is 1.11 bits per heavy atom. The second-order valence-corrected chi connectivity index (χ2v) is 5.35. The van der Waals surface area contributed by atoms with Gasteiger partial charge in [0.1, 0.15) is 0 Å². The Balaban J connectivity index is 2.15. The van der Waals surface area contributed by atoms with E-state index < -0.39 is 0 Å². The Morgan fingerprint density at radius 3 is 2.67 bits per heavy atom. The highest BCUT2D eigenvalue weighted by atomic mass is 14.7. The van der Waals surface area contributed by atoms with E-state index in [0.29, 0.717) is 0 Å². The number of fused-ring (bicyclic) bond motifs is 1. The van der Waals surface area contributed by atoms with Crippen LogP contribution in [0.15, 0.2) is 36.5 Å². The summed E-state index contributed by atoms with van der Waals surface area (Å²) in [6.45, 7) is 4.51. The van der Waals surface area contributed by atoms with Gasteiger partial charge in [0.2, 0.25) is 0 Å². The predicted octanol–water partition coefficient (Wildman–Crippen LogP) is 4.06. The molecule has 96 valence electrons. The number of aromatic nitrogens is 1. The van der Waals surface area contributed by atoms with Gasteiger partial charge in [0.15, 0.2) is 0 Å². The summed E-state index contributed by atoms with van der Waals surface area (Å²) in [5, 5.41) is 1.19. The van der Waals surface area contributed by atoms with E-state index in [1.807, 2.05) is 24.4 Å². The maximum Gasteiger partial charge on any atom is 0.0705 e. The zero-order valence-corrected chi connectivity index (χ0v) is 11.3.